The van der Waals surface area contributed by atoms with Crippen LogP contribution in [0, 0.1) is 18.3 Å². The number of carbonyl (C=O) groups is 3. The molecule has 9 nitrogen and oxygen atoms in total. The van der Waals surface area contributed by atoms with Gasteiger partial charge in [0.05, 0.1) is 17.6 Å². The van der Waals surface area contributed by atoms with E-state index < -0.39 is 6.04 Å². The molecule has 0 radical (unpaired) electrons. The van der Waals surface area contributed by atoms with Gasteiger partial charge >= 0.3 is 0 Å². The molecule has 3 aliphatic heterocycles. The fourth-order valence-corrected chi connectivity index (χ4v) is 6.99. The van der Waals surface area contributed by atoms with Gasteiger partial charge in [-0.3, -0.25) is 19.7 Å². The highest BCUT2D eigenvalue weighted by Crippen LogP contribution is 2.48. The van der Waals surface area contributed by atoms with Gasteiger partial charge in [0, 0.05) is 68.3 Å². The zero-order valence-corrected chi connectivity index (χ0v) is 26.2. The topological polar surface area (TPSA) is 106 Å². The number of hydrogen-bond acceptors (Lipinski definition) is 7. The Labute approximate surface area is 269 Å². The van der Waals surface area contributed by atoms with E-state index in [1.165, 1.54) is 11.3 Å². The molecule has 5 aliphatic rings. The summed E-state index contributed by atoms with van der Waals surface area (Å²) < 4.78 is 6.27. The first-order valence-corrected chi connectivity index (χ1v) is 16.3. The normalized spacial score (nSPS) is 22.1. The van der Waals surface area contributed by atoms with E-state index in [0.29, 0.717) is 31.6 Å². The second kappa shape index (κ2) is 12.3. The van der Waals surface area contributed by atoms with Crippen molar-refractivity contribution in [3.05, 3.63) is 94.7 Å². The lowest BCUT2D eigenvalue weighted by Gasteiger charge is -2.42. The average Bonchev–Trinajstić information content (AvgIpc) is 3.81. The van der Waals surface area contributed by atoms with Crippen molar-refractivity contribution < 1.29 is 19.1 Å². The number of para-hydroxylation sites is 1. The molecule has 0 spiro atoms. The quantitative estimate of drug-likeness (QED) is 0.308. The number of imide groups is 1. The van der Waals surface area contributed by atoms with Crippen molar-refractivity contribution in [2.75, 3.05) is 37.7 Å². The Balaban J connectivity index is 0.914. The summed E-state index contributed by atoms with van der Waals surface area (Å²) in [5.74, 6) is -0.797. The van der Waals surface area contributed by atoms with Crippen molar-refractivity contribution in [1.82, 2.24) is 15.1 Å². The van der Waals surface area contributed by atoms with E-state index in [1.54, 1.807) is 4.90 Å². The molecule has 4 fully saturated rings. The number of ether oxygens (including phenoxy) is 1. The van der Waals surface area contributed by atoms with E-state index >= 15 is 0 Å². The lowest BCUT2D eigenvalue weighted by atomic mass is 9.97. The van der Waals surface area contributed by atoms with Crippen molar-refractivity contribution in [3.8, 4) is 6.07 Å². The van der Waals surface area contributed by atoms with Crippen LogP contribution in [0.25, 0.3) is 0 Å². The third kappa shape index (κ3) is 5.74. The summed E-state index contributed by atoms with van der Waals surface area (Å²) in [6.45, 7) is 5.64. The molecule has 1 atom stereocenters. The second-order valence-electron chi connectivity index (χ2n) is 13.0. The Bertz CT molecular complexity index is 1690. The highest BCUT2D eigenvalue weighted by Gasteiger charge is 2.45. The molecule has 3 heterocycles. The summed E-state index contributed by atoms with van der Waals surface area (Å²) in [6, 6.07) is 18.8. The van der Waals surface area contributed by atoms with E-state index in [-0.39, 0.29) is 35.7 Å². The first-order chi connectivity index (χ1) is 22.3. The summed E-state index contributed by atoms with van der Waals surface area (Å²) in [6.07, 6.45) is 10.3. The van der Waals surface area contributed by atoms with E-state index in [4.69, 9.17) is 4.74 Å². The van der Waals surface area contributed by atoms with Crippen LogP contribution in [0.1, 0.15) is 49.7 Å². The fourth-order valence-electron chi connectivity index (χ4n) is 6.99. The lowest BCUT2D eigenvalue weighted by molar-refractivity contribution is -0.142. The van der Waals surface area contributed by atoms with Gasteiger partial charge in [0.1, 0.15) is 6.04 Å². The maximum atomic E-state index is 13.2. The Hall–Kier alpha value is -4.68. The van der Waals surface area contributed by atoms with E-state index in [1.807, 2.05) is 12.2 Å². The van der Waals surface area contributed by atoms with Crippen LogP contribution in [0.5, 0.6) is 0 Å². The number of fused-ring (bicyclic) bond motifs is 1. The van der Waals surface area contributed by atoms with Crippen LogP contribution < -0.4 is 10.2 Å². The number of anilines is 2. The number of hydrogen-bond donors (Lipinski definition) is 1. The Morgan fingerprint density at radius 2 is 1.85 bits per heavy atom. The molecular weight excluding hydrogens is 578 g/mol. The number of likely N-dealkylation sites (tertiary alicyclic amines) is 2. The molecule has 2 aliphatic carbocycles. The fraction of sp³-hybridized carbons (Fsp3) is 0.405. The number of nitrogens with zero attached hydrogens (tertiary/aromatic N) is 4. The predicted molar refractivity (Wildman–Crippen MR) is 174 cm³/mol. The predicted octanol–water partition coefficient (Wildman–Crippen LogP) is 4.57. The number of nitriles is 1. The maximum Gasteiger partial charge on any atom is 0.254 e. The Morgan fingerprint density at radius 1 is 1.07 bits per heavy atom. The van der Waals surface area contributed by atoms with Crippen molar-refractivity contribution in [2.24, 2.45) is 0 Å². The monoisotopic (exact) mass is 617 g/mol. The third-order valence-corrected chi connectivity index (χ3v) is 9.99. The molecule has 2 aromatic rings. The molecule has 1 N–H and O–H groups in total. The van der Waals surface area contributed by atoms with Gasteiger partial charge in [-0.05, 0) is 73.6 Å². The molecule has 2 aromatic carbocycles. The third-order valence-electron chi connectivity index (χ3n) is 9.99. The summed E-state index contributed by atoms with van der Waals surface area (Å²) in [5, 5.41) is 12.0. The zero-order valence-electron chi connectivity index (χ0n) is 26.2. The van der Waals surface area contributed by atoms with E-state index in [2.05, 4.69) is 82.7 Å². The standard InChI is InChI=1S/C37H39N5O4/c1-25-5-2-3-6-32(25)41(29-11-8-27(9-12-29)37(24-38)17-18-37)19-4-20-46-30-22-40(23-30)28-10-7-26-21-42(36(45)31(26)14-13-28)33-15-16-34(43)39-35(33)44/h2-3,5-12,14,30,33H,4,13,15-23H2,1H3,(H,39,43,44). The van der Waals surface area contributed by atoms with Crippen LogP contribution in [0.3, 0.4) is 0 Å². The van der Waals surface area contributed by atoms with Crippen LogP contribution >= 0.6 is 0 Å². The minimum atomic E-state index is -0.593. The summed E-state index contributed by atoms with van der Waals surface area (Å²) in [5.41, 5.74) is 7.08. The van der Waals surface area contributed by atoms with Crippen LogP contribution in [0.15, 0.2) is 83.6 Å². The Morgan fingerprint density at radius 3 is 2.57 bits per heavy atom. The van der Waals surface area contributed by atoms with Gasteiger partial charge in [0.15, 0.2) is 0 Å². The SMILES string of the molecule is Cc1ccccc1N(CCCOC1CN(C2=CC=C3CN(C4CCC(=O)NC4=O)C(=O)C3=CC2)C1)c1ccc(C2(C#N)CC2)cc1. The molecule has 1 unspecified atom stereocenters. The summed E-state index contributed by atoms with van der Waals surface area (Å²) in [7, 11) is 0. The molecule has 46 heavy (non-hydrogen) atoms. The van der Waals surface area contributed by atoms with Crippen LogP contribution in [-0.2, 0) is 24.5 Å². The van der Waals surface area contributed by atoms with Gasteiger partial charge in [0.2, 0.25) is 11.8 Å². The second-order valence-corrected chi connectivity index (χ2v) is 13.0. The molecule has 3 amide bonds. The van der Waals surface area contributed by atoms with Crippen LogP contribution in [-0.4, -0.2) is 72.5 Å². The number of amides is 3. The first-order valence-electron chi connectivity index (χ1n) is 16.3. The summed E-state index contributed by atoms with van der Waals surface area (Å²) in [4.78, 5) is 43.3. The molecule has 3 saturated heterocycles. The maximum absolute atomic E-state index is 13.2. The van der Waals surface area contributed by atoms with E-state index in [0.717, 1.165) is 61.4 Å². The number of nitrogens with one attached hydrogen (secondary N) is 1. The van der Waals surface area contributed by atoms with Crippen LogP contribution in [0.2, 0.25) is 0 Å². The van der Waals surface area contributed by atoms with Gasteiger partial charge in [-0.1, -0.05) is 42.5 Å². The molecule has 7 rings (SSSR count). The van der Waals surface area contributed by atoms with Gasteiger partial charge in [-0.2, -0.15) is 5.26 Å². The highest BCUT2D eigenvalue weighted by molar-refractivity contribution is 6.07. The van der Waals surface area contributed by atoms with Crippen molar-refractivity contribution in [2.45, 2.75) is 63.0 Å². The molecular formula is C37H39N5O4. The largest absolute Gasteiger partial charge is 0.374 e. The zero-order chi connectivity index (χ0) is 31.8. The van der Waals surface area contributed by atoms with Gasteiger partial charge in [0.25, 0.3) is 5.91 Å². The number of carbonyl (C=O) groups excluding carboxylic acids is 3. The van der Waals surface area contributed by atoms with Crippen molar-refractivity contribution in [3.63, 3.8) is 0 Å². The van der Waals surface area contributed by atoms with Gasteiger partial charge in [-0.25, -0.2) is 0 Å². The molecule has 236 valence electrons. The number of benzene rings is 2. The number of allylic oxidation sites excluding steroid dienone is 3. The Kier molecular flexibility index (Phi) is 7.99. The number of aryl methyl sites for hydroxylation is 1. The van der Waals surface area contributed by atoms with Crippen molar-refractivity contribution in [1.29, 1.82) is 5.26 Å². The number of rotatable bonds is 10. The molecule has 9 heteroatoms. The highest BCUT2D eigenvalue weighted by atomic mass is 16.5. The minimum absolute atomic E-state index is 0.134. The van der Waals surface area contributed by atoms with E-state index in [9.17, 15) is 19.6 Å². The lowest BCUT2D eigenvalue weighted by Crippen LogP contribution is -2.53. The van der Waals surface area contributed by atoms with Gasteiger partial charge < -0.3 is 19.4 Å². The van der Waals surface area contributed by atoms with Crippen molar-refractivity contribution >= 4 is 29.1 Å². The molecule has 0 bridgehead atoms. The number of piperidine rings is 1. The first kappa shape index (κ1) is 30.0. The smallest absolute Gasteiger partial charge is 0.254 e. The van der Waals surface area contributed by atoms with Crippen LogP contribution in [0.4, 0.5) is 11.4 Å². The van der Waals surface area contributed by atoms with Gasteiger partial charge in [-0.15, -0.1) is 0 Å². The average molecular weight is 618 g/mol. The molecule has 0 aromatic heterocycles. The minimum Gasteiger partial charge on any atom is -0.374 e. The summed E-state index contributed by atoms with van der Waals surface area (Å²) >= 11 is 0. The molecule has 1 saturated carbocycles.